The maximum Gasteiger partial charge on any atom is -0.00404 e. The average molecular weight is 302 g/mol. The minimum atomic E-state index is 0.428. The summed E-state index contributed by atoms with van der Waals surface area (Å²) in [5.41, 5.74) is 6.28. The summed E-state index contributed by atoms with van der Waals surface area (Å²) in [5, 5.41) is 0. The quantitative estimate of drug-likeness (QED) is 0.581. The van der Waals surface area contributed by atoms with Crippen LogP contribution in [0.1, 0.15) is 49.7 Å². The molecule has 0 unspecified atom stereocenters. The van der Waals surface area contributed by atoms with Crippen LogP contribution in [0.5, 0.6) is 0 Å². The minimum absolute atomic E-state index is 0.428. The van der Waals surface area contributed by atoms with Crippen LogP contribution >= 0.6 is 0 Å². The van der Waals surface area contributed by atoms with Crippen LogP contribution in [-0.4, -0.2) is 0 Å². The highest BCUT2D eigenvalue weighted by Gasteiger charge is 2.42. The van der Waals surface area contributed by atoms with Gasteiger partial charge in [-0.3, -0.25) is 0 Å². The van der Waals surface area contributed by atoms with Gasteiger partial charge in [0.15, 0.2) is 0 Å². The molecule has 5 rings (SSSR count). The molecule has 23 heavy (non-hydrogen) atoms. The van der Waals surface area contributed by atoms with Crippen molar-refractivity contribution in [2.75, 3.05) is 0 Å². The number of hydrogen-bond acceptors (Lipinski definition) is 0. The zero-order valence-corrected chi connectivity index (χ0v) is 13.9. The Morgan fingerprint density at radius 2 is 1.65 bits per heavy atom. The first kappa shape index (κ1) is 14.8. The highest BCUT2D eigenvalue weighted by atomic mass is 14.5. The summed E-state index contributed by atoms with van der Waals surface area (Å²) in [7, 11) is 0. The fourth-order valence-corrected chi connectivity index (χ4v) is 4.85. The van der Waals surface area contributed by atoms with Crippen LogP contribution in [0, 0.1) is 5.92 Å². The third-order valence-electron chi connectivity index (χ3n) is 6.21. The molecule has 0 radical (unpaired) electrons. The maximum atomic E-state index is 3.92. The van der Waals surface area contributed by atoms with Gasteiger partial charge < -0.3 is 0 Å². The van der Waals surface area contributed by atoms with Gasteiger partial charge in [0.2, 0.25) is 0 Å². The predicted octanol–water partition coefficient (Wildman–Crippen LogP) is 6.30. The monoisotopic (exact) mass is 302 g/mol. The van der Waals surface area contributed by atoms with Crippen molar-refractivity contribution in [1.29, 1.82) is 0 Å². The molecular weight excluding hydrogens is 276 g/mol. The first-order valence-electron chi connectivity index (χ1n) is 9.10. The van der Waals surface area contributed by atoms with Crippen LogP contribution in [0.4, 0.5) is 0 Å². The van der Waals surface area contributed by atoms with Gasteiger partial charge in [-0.1, -0.05) is 54.6 Å². The molecule has 2 aromatic carbocycles. The van der Waals surface area contributed by atoms with Crippen molar-refractivity contribution in [3.8, 4) is 11.1 Å². The predicted molar refractivity (Wildman–Crippen MR) is 98.6 cm³/mol. The van der Waals surface area contributed by atoms with Crippen molar-refractivity contribution in [1.82, 2.24) is 0 Å². The van der Waals surface area contributed by atoms with Gasteiger partial charge in [0.05, 0.1) is 0 Å². The molecule has 0 spiro atoms. The van der Waals surface area contributed by atoms with Crippen LogP contribution in [0.15, 0.2) is 61.2 Å². The van der Waals surface area contributed by atoms with E-state index >= 15 is 0 Å². The lowest BCUT2D eigenvalue weighted by Gasteiger charge is -2.48. The van der Waals surface area contributed by atoms with Crippen LogP contribution in [0.2, 0.25) is 0 Å². The Bertz CT molecular complexity index is 673. The van der Waals surface area contributed by atoms with Gasteiger partial charge in [-0.2, -0.15) is 0 Å². The van der Waals surface area contributed by atoms with E-state index in [1.807, 2.05) is 6.08 Å². The molecule has 0 saturated heterocycles. The Morgan fingerprint density at radius 3 is 2.30 bits per heavy atom. The molecule has 0 amide bonds. The lowest BCUT2D eigenvalue weighted by molar-refractivity contribution is 0.136. The van der Waals surface area contributed by atoms with E-state index < -0.39 is 0 Å². The van der Waals surface area contributed by atoms with Crippen LogP contribution in [-0.2, 0) is 11.8 Å². The number of hydrogen-bond donors (Lipinski definition) is 0. The average Bonchev–Trinajstić information content (AvgIpc) is 2.64. The van der Waals surface area contributed by atoms with Crippen LogP contribution < -0.4 is 0 Å². The van der Waals surface area contributed by atoms with E-state index in [1.54, 1.807) is 5.56 Å². The van der Waals surface area contributed by atoms with Crippen LogP contribution in [0.25, 0.3) is 11.1 Å². The molecule has 0 atom stereocenters. The topological polar surface area (TPSA) is 0 Å². The molecule has 3 aliphatic carbocycles. The smallest absolute Gasteiger partial charge is 0.00404 e. The standard InChI is InChI=1S/C23H26/c1-2-6-19-9-10-21(20-7-4-3-5-8-20)22(17-19)23-14-11-18(12-15-23)13-16-23/h2-5,7-10,17-18H,1,6,11-16H2. The Kier molecular flexibility index (Phi) is 3.85. The second-order valence-corrected chi connectivity index (χ2v) is 7.50. The number of benzene rings is 2. The number of fused-ring (bicyclic) bond motifs is 3. The van der Waals surface area contributed by atoms with Crippen molar-refractivity contribution in [3.63, 3.8) is 0 Å². The molecule has 0 aliphatic heterocycles. The first-order chi connectivity index (χ1) is 11.3. The normalized spacial score (nSPS) is 26.2. The highest BCUT2D eigenvalue weighted by molar-refractivity contribution is 5.69. The molecule has 3 aliphatic rings. The molecule has 0 heterocycles. The van der Waals surface area contributed by atoms with Gasteiger partial charge in [0, 0.05) is 0 Å². The molecule has 0 aromatic heterocycles. The first-order valence-corrected chi connectivity index (χ1v) is 9.10. The second kappa shape index (κ2) is 6.00. The fourth-order valence-electron chi connectivity index (χ4n) is 4.85. The Hall–Kier alpha value is -1.82. The largest absolute Gasteiger partial charge is 0.103 e. The van der Waals surface area contributed by atoms with Gasteiger partial charge in [-0.15, -0.1) is 6.58 Å². The molecule has 0 heteroatoms. The summed E-state index contributed by atoms with van der Waals surface area (Å²) in [4.78, 5) is 0. The van der Waals surface area contributed by atoms with E-state index in [2.05, 4.69) is 55.1 Å². The highest BCUT2D eigenvalue weighted by Crippen LogP contribution is 2.53. The summed E-state index contributed by atoms with van der Waals surface area (Å²) in [6, 6.07) is 18.1. The van der Waals surface area contributed by atoms with Gasteiger partial charge in [-0.05, 0) is 78.5 Å². The number of allylic oxidation sites excluding steroid dienone is 1. The van der Waals surface area contributed by atoms with Crippen molar-refractivity contribution < 1.29 is 0 Å². The van der Waals surface area contributed by atoms with Gasteiger partial charge in [-0.25, -0.2) is 0 Å². The van der Waals surface area contributed by atoms with Crippen molar-refractivity contribution in [2.24, 2.45) is 5.92 Å². The maximum absolute atomic E-state index is 3.92. The summed E-state index contributed by atoms with van der Waals surface area (Å²) >= 11 is 0. The summed E-state index contributed by atoms with van der Waals surface area (Å²) < 4.78 is 0. The molecule has 0 nitrogen and oxygen atoms in total. The van der Waals surface area contributed by atoms with Crippen molar-refractivity contribution in [3.05, 3.63) is 72.3 Å². The van der Waals surface area contributed by atoms with Crippen LogP contribution in [0.3, 0.4) is 0 Å². The zero-order valence-electron chi connectivity index (χ0n) is 13.9. The molecule has 118 valence electrons. The summed E-state index contributed by atoms with van der Waals surface area (Å²) in [5.74, 6) is 1.01. The van der Waals surface area contributed by atoms with Crippen molar-refractivity contribution in [2.45, 2.75) is 50.4 Å². The molecule has 2 bridgehead atoms. The lowest BCUT2D eigenvalue weighted by atomic mass is 9.57. The van der Waals surface area contributed by atoms with E-state index in [-0.39, 0.29) is 0 Å². The minimum Gasteiger partial charge on any atom is -0.103 e. The van der Waals surface area contributed by atoms with E-state index in [1.165, 1.54) is 55.2 Å². The van der Waals surface area contributed by atoms with E-state index in [0.29, 0.717) is 5.41 Å². The van der Waals surface area contributed by atoms with E-state index in [9.17, 15) is 0 Å². The molecular formula is C23H26. The fraction of sp³-hybridized carbons (Fsp3) is 0.391. The SMILES string of the molecule is C=CCc1ccc(-c2ccccc2)c(C23CCC(CC2)CC3)c1. The molecule has 0 N–H and O–H groups in total. The number of rotatable bonds is 4. The summed E-state index contributed by atoms with van der Waals surface area (Å²) in [6.45, 7) is 3.92. The third kappa shape index (κ3) is 2.65. The van der Waals surface area contributed by atoms with E-state index in [4.69, 9.17) is 0 Å². The van der Waals surface area contributed by atoms with Gasteiger partial charge >= 0.3 is 0 Å². The van der Waals surface area contributed by atoms with Crippen molar-refractivity contribution >= 4 is 0 Å². The lowest BCUT2D eigenvalue weighted by Crippen LogP contribution is -2.38. The molecule has 3 saturated carbocycles. The Labute approximate surface area is 140 Å². The molecule has 2 aromatic rings. The second-order valence-electron chi connectivity index (χ2n) is 7.50. The molecule has 3 fully saturated rings. The Balaban J connectivity index is 1.84. The summed E-state index contributed by atoms with van der Waals surface area (Å²) in [6.07, 6.45) is 11.4. The Morgan fingerprint density at radius 1 is 0.957 bits per heavy atom. The zero-order chi connectivity index (χ0) is 15.7. The third-order valence-corrected chi connectivity index (χ3v) is 6.21. The van der Waals surface area contributed by atoms with Gasteiger partial charge in [0.1, 0.15) is 0 Å². The van der Waals surface area contributed by atoms with Gasteiger partial charge in [0.25, 0.3) is 0 Å². The van der Waals surface area contributed by atoms with E-state index in [0.717, 1.165) is 12.3 Å².